The van der Waals surface area contributed by atoms with Crippen molar-refractivity contribution in [2.45, 2.75) is 45.2 Å². The minimum Gasteiger partial charge on any atom is -0.381 e. The first-order valence-corrected chi connectivity index (χ1v) is 6.82. The summed E-state index contributed by atoms with van der Waals surface area (Å²) in [5.41, 5.74) is 4.06. The van der Waals surface area contributed by atoms with Crippen LogP contribution in [0.3, 0.4) is 0 Å². The molecule has 2 unspecified atom stereocenters. The van der Waals surface area contributed by atoms with Crippen LogP contribution in [0.15, 0.2) is 18.2 Å². The standard InChI is InChI=1S/C15H22N2/c1-11-5-6-13(10-12(11)2)16-14-7-9-17-8-3-4-15(14)17/h5-6,10,14-16H,3-4,7-9H2,1-2H3. The van der Waals surface area contributed by atoms with Crippen molar-refractivity contribution in [1.82, 2.24) is 4.90 Å². The Morgan fingerprint density at radius 3 is 2.82 bits per heavy atom. The van der Waals surface area contributed by atoms with Gasteiger partial charge in [-0.05, 0) is 62.9 Å². The zero-order valence-electron chi connectivity index (χ0n) is 10.9. The van der Waals surface area contributed by atoms with Crippen LogP contribution < -0.4 is 5.32 Å². The van der Waals surface area contributed by atoms with E-state index in [-0.39, 0.29) is 0 Å². The zero-order chi connectivity index (χ0) is 11.8. The first-order chi connectivity index (χ1) is 8.24. The molecule has 92 valence electrons. The van der Waals surface area contributed by atoms with E-state index in [1.807, 2.05) is 0 Å². The number of benzene rings is 1. The normalized spacial score (nSPS) is 28.4. The molecule has 1 aromatic carbocycles. The molecule has 0 amide bonds. The molecule has 2 aliphatic heterocycles. The summed E-state index contributed by atoms with van der Waals surface area (Å²) in [6, 6.07) is 8.18. The van der Waals surface area contributed by atoms with Crippen molar-refractivity contribution in [1.29, 1.82) is 0 Å². The van der Waals surface area contributed by atoms with Crippen molar-refractivity contribution in [3.63, 3.8) is 0 Å². The minimum absolute atomic E-state index is 0.666. The Morgan fingerprint density at radius 1 is 1.12 bits per heavy atom. The number of nitrogens with one attached hydrogen (secondary N) is 1. The molecule has 0 aliphatic carbocycles. The van der Waals surface area contributed by atoms with Crippen LogP contribution in [0.2, 0.25) is 0 Å². The van der Waals surface area contributed by atoms with Crippen LogP contribution in [0.25, 0.3) is 0 Å². The van der Waals surface area contributed by atoms with Gasteiger partial charge in [0.1, 0.15) is 0 Å². The van der Waals surface area contributed by atoms with E-state index in [9.17, 15) is 0 Å². The molecule has 0 radical (unpaired) electrons. The highest BCUT2D eigenvalue weighted by Crippen LogP contribution is 2.30. The molecule has 0 spiro atoms. The highest BCUT2D eigenvalue weighted by Gasteiger charge is 2.36. The summed E-state index contributed by atoms with van der Waals surface area (Å²) >= 11 is 0. The molecule has 3 rings (SSSR count). The van der Waals surface area contributed by atoms with Gasteiger partial charge in [-0.1, -0.05) is 6.07 Å². The van der Waals surface area contributed by atoms with Gasteiger partial charge in [0, 0.05) is 24.3 Å². The van der Waals surface area contributed by atoms with E-state index in [0.29, 0.717) is 6.04 Å². The van der Waals surface area contributed by atoms with E-state index in [2.05, 4.69) is 42.3 Å². The number of hydrogen-bond donors (Lipinski definition) is 1. The van der Waals surface area contributed by atoms with Crippen LogP contribution in [-0.4, -0.2) is 30.1 Å². The summed E-state index contributed by atoms with van der Waals surface area (Å²) in [4.78, 5) is 2.65. The maximum atomic E-state index is 3.74. The van der Waals surface area contributed by atoms with Crippen molar-refractivity contribution >= 4 is 5.69 Å². The van der Waals surface area contributed by atoms with Gasteiger partial charge in [-0.3, -0.25) is 4.90 Å². The molecule has 1 aromatic rings. The highest BCUT2D eigenvalue weighted by molar-refractivity contribution is 5.49. The lowest BCUT2D eigenvalue weighted by atomic mass is 10.0. The second kappa shape index (κ2) is 4.34. The van der Waals surface area contributed by atoms with Crippen LogP contribution in [0.4, 0.5) is 5.69 Å². The van der Waals surface area contributed by atoms with E-state index in [4.69, 9.17) is 0 Å². The second-order valence-electron chi connectivity index (χ2n) is 5.58. The van der Waals surface area contributed by atoms with Crippen molar-refractivity contribution in [2.75, 3.05) is 18.4 Å². The Kier molecular flexibility index (Phi) is 2.83. The largest absolute Gasteiger partial charge is 0.381 e. The fraction of sp³-hybridized carbons (Fsp3) is 0.600. The van der Waals surface area contributed by atoms with Crippen molar-refractivity contribution < 1.29 is 0 Å². The Hall–Kier alpha value is -1.02. The Morgan fingerprint density at radius 2 is 2.00 bits per heavy atom. The molecule has 17 heavy (non-hydrogen) atoms. The van der Waals surface area contributed by atoms with E-state index >= 15 is 0 Å². The van der Waals surface area contributed by atoms with E-state index < -0.39 is 0 Å². The van der Waals surface area contributed by atoms with Gasteiger partial charge < -0.3 is 5.32 Å². The average Bonchev–Trinajstić information content (AvgIpc) is 2.88. The molecule has 0 saturated carbocycles. The predicted molar refractivity (Wildman–Crippen MR) is 72.5 cm³/mol. The van der Waals surface area contributed by atoms with Crippen molar-refractivity contribution in [3.8, 4) is 0 Å². The average molecular weight is 230 g/mol. The van der Waals surface area contributed by atoms with E-state index in [1.54, 1.807) is 0 Å². The molecule has 0 aromatic heterocycles. The number of hydrogen-bond acceptors (Lipinski definition) is 2. The maximum Gasteiger partial charge on any atom is 0.0429 e. The smallest absolute Gasteiger partial charge is 0.0429 e. The monoisotopic (exact) mass is 230 g/mol. The summed E-state index contributed by atoms with van der Waals surface area (Å²) in [6.07, 6.45) is 4.07. The number of fused-ring (bicyclic) bond motifs is 1. The van der Waals surface area contributed by atoms with Crippen LogP contribution in [-0.2, 0) is 0 Å². The molecule has 2 aliphatic rings. The zero-order valence-corrected chi connectivity index (χ0v) is 10.9. The van der Waals surface area contributed by atoms with Crippen molar-refractivity contribution in [3.05, 3.63) is 29.3 Å². The molecule has 2 nitrogen and oxygen atoms in total. The van der Waals surface area contributed by atoms with E-state index in [1.165, 1.54) is 49.2 Å². The third-order valence-electron chi connectivity index (χ3n) is 4.46. The number of aryl methyl sites for hydroxylation is 2. The third kappa shape index (κ3) is 2.06. The SMILES string of the molecule is Cc1ccc(NC2CCN3CCCC23)cc1C. The van der Waals surface area contributed by atoms with E-state index in [0.717, 1.165) is 6.04 Å². The molecular weight excluding hydrogens is 208 g/mol. The Bertz CT molecular complexity index is 413. The van der Waals surface area contributed by atoms with Gasteiger partial charge in [-0.25, -0.2) is 0 Å². The van der Waals surface area contributed by atoms with Gasteiger partial charge in [-0.15, -0.1) is 0 Å². The van der Waals surface area contributed by atoms with Gasteiger partial charge in [0.25, 0.3) is 0 Å². The number of rotatable bonds is 2. The fourth-order valence-electron chi connectivity index (χ4n) is 3.30. The fourth-order valence-corrected chi connectivity index (χ4v) is 3.30. The van der Waals surface area contributed by atoms with Crippen LogP contribution >= 0.6 is 0 Å². The molecule has 2 saturated heterocycles. The number of anilines is 1. The van der Waals surface area contributed by atoms with Crippen LogP contribution in [0.1, 0.15) is 30.4 Å². The Balaban J connectivity index is 1.72. The van der Waals surface area contributed by atoms with Gasteiger partial charge in [0.2, 0.25) is 0 Å². The Labute approximate surface area is 104 Å². The third-order valence-corrected chi connectivity index (χ3v) is 4.46. The van der Waals surface area contributed by atoms with Gasteiger partial charge >= 0.3 is 0 Å². The quantitative estimate of drug-likeness (QED) is 0.840. The molecule has 1 N–H and O–H groups in total. The van der Waals surface area contributed by atoms with Crippen LogP contribution in [0.5, 0.6) is 0 Å². The summed E-state index contributed by atoms with van der Waals surface area (Å²) in [5, 5.41) is 3.74. The lowest BCUT2D eigenvalue weighted by molar-refractivity contribution is 0.318. The summed E-state index contributed by atoms with van der Waals surface area (Å²) in [7, 11) is 0. The molecule has 2 fully saturated rings. The minimum atomic E-state index is 0.666. The number of nitrogens with zero attached hydrogens (tertiary/aromatic N) is 1. The lowest BCUT2D eigenvalue weighted by Gasteiger charge is -2.22. The highest BCUT2D eigenvalue weighted by atomic mass is 15.2. The second-order valence-corrected chi connectivity index (χ2v) is 5.58. The first-order valence-electron chi connectivity index (χ1n) is 6.82. The summed E-state index contributed by atoms with van der Waals surface area (Å²) < 4.78 is 0. The summed E-state index contributed by atoms with van der Waals surface area (Å²) in [6.45, 7) is 6.97. The van der Waals surface area contributed by atoms with Gasteiger partial charge in [-0.2, -0.15) is 0 Å². The molecular formula is C15H22N2. The summed E-state index contributed by atoms with van der Waals surface area (Å²) in [5.74, 6) is 0. The van der Waals surface area contributed by atoms with Gasteiger partial charge in [0.15, 0.2) is 0 Å². The lowest BCUT2D eigenvalue weighted by Crippen LogP contribution is -2.33. The maximum absolute atomic E-state index is 3.74. The van der Waals surface area contributed by atoms with Gasteiger partial charge in [0.05, 0.1) is 0 Å². The molecule has 2 heteroatoms. The first kappa shape index (κ1) is 11.1. The van der Waals surface area contributed by atoms with Crippen LogP contribution in [0, 0.1) is 13.8 Å². The molecule has 2 heterocycles. The topological polar surface area (TPSA) is 15.3 Å². The predicted octanol–water partition coefficient (Wildman–Crippen LogP) is 2.95. The molecule has 0 bridgehead atoms. The van der Waals surface area contributed by atoms with Crippen molar-refractivity contribution in [2.24, 2.45) is 0 Å². The molecule has 2 atom stereocenters.